The van der Waals surface area contributed by atoms with Crippen LogP contribution in [0, 0.1) is 6.92 Å². The maximum absolute atomic E-state index is 12.6. The van der Waals surface area contributed by atoms with Crippen LogP contribution in [0.5, 0.6) is 0 Å². The highest BCUT2D eigenvalue weighted by atomic mass is 16.4. The van der Waals surface area contributed by atoms with E-state index in [-0.39, 0.29) is 11.7 Å². The van der Waals surface area contributed by atoms with Crippen LogP contribution in [0.1, 0.15) is 61.0 Å². The standard InChI is InChI=1S/C22H20N6O4/c1-13-18-16(25-26-20(29)14-5-9-23-10-6-14)3-2-4-17(18)32-19(13)22(31)28-27-21(30)15-7-11-24-12-8-15/h5-12H,2-4H2,1H3,(H,26,29)(H,27,30)(H,28,31)/b25-16+. The molecular weight excluding hydrogens is 412 g/mol. The second-order valence-electron chi connectivity index (χ2n) is 7.09. The molecule has 3 amide bonds. The Bertz CT molecular complexity index is 1190. The van der Waals surface area contributed by atoms with Crippen molar-refractivity contribution in [2.75, 3.05) is 0 Å². The Morgan fingerprint density at radius 3 is 2.12 bits per heavy atom. The molecule has 0 atom stereocenters. The van der Waals surface area contributed by atoms with E-state index in [1.807, 2.05) is 0 Å². The Morgan fingerprint density at radius 2 is 1.47 bits per heavy atom. The van der Waals surface area contributed by atoms with Gasteiger partial charge in [0.15, 0.2) is 5.76 Å². The van der Waals surface area contributed by atoms with Crippen molar-refractivity contribution in [3.05, 3.63) is 82.8 Å². The van der Waals surface area contributed by atoms with Gasteiger partial charge in [0, 0.05) is 53.5 Å². The van der Waals surface area contributed by atoms with Crippen molar-refractivity contribution >= 4 is 23.4 Å². The molecule has 3 heterocycles. The Labute approximate surface area is 183 Å². The molecule has 4 rings (SSSR count). The molecule has 0 aromatic carbocycles. The zero-order chi connectivity index (χ0) is 22.5. The summed E-state index contributed by atoms with van der Waals surface area (Å²) in [5.41, 5.74) is 10.00. The average molecular weight is 432 g/mol. The summed E-state index contributed by atoms with van der Waals surface area (Å²) in [7, 11) is 0. The second-order valence-corrected chi connectivity index (χ2v) is 7.09. The molecule has 10 heteroatoms. The van der Waals surface area contributed by atoms with E-state index in [1.54, 1.807) is 19.1 Å². The number of nitrogens with one attached hydrogen (secondary N) is 3. The summed E-state index contributed by atoms with van der Waals surface area (Å²) >= 11 is 0. The zero-order valence-electron chi connectivity index (χ0n) is 17.2. The SMILES string of the molecule is Cc1c(C(=O)NNC(=O)c2ccncc2)oc2c1/C(=N/NC(=O)c1ccncc1)CCC2. The summed E-state index contributed by atoms with van der Waals surface area (Å²) in [6.45, 7) is 1.74. The van der Waals surface area contributed by atoms with E-state index in [4.69, 9.17) is 4.42 Å². The van der Waals surface area contributed by atoms with Gasteiger partial charge in [-0.3, -0.25) is 35.2 Å². The first-order valence-corrected chi connectivity index (χ1v) is 9.95. The highest BCUT2D eigenvalue weighted by Gasteiger charge is 2.28. The fourth-order valence-electron chi connectivity index (χ4n) is 3.43. The summed E-state index contributed by atoms with van der Waals surface area (Å²) in [5.74, 6) is -0.711. The Hall–Kier alpha value is -4.34. The highest BCUT2D eigenvalue weighted by Crippen LogP contribution is 2.29. The summed E-state index contributed by atoms with van der Waals surface area (Å²) in [4.78, 5) is 44.8. The monoisotopic (exact) mass is 432 g/mol. The van der Waals surface area contributed by atoms with Crippen molar-refractivity contribution in [1.82, 2.24) is 26.2 Å². The van der Waals surface area contributed by atoms with E-state index in [1.165, 1.54) is 36.9 Å². The third-order valence-corrected chi connectivity index (χ3v) is 5.00. The molecule has 1 aliphatic carbocycles. The minimum Gasteiger partial charge on any atom is -0.455 e. The first-order valence-electron chi connectivity index (χ1n) is 9.95. The number of rotatable bonds is 4. The third-order valence-electron chi connectivity index (χ3n) is 5.00. The number of aromatic nitrogens is 2. The number of amides is 3. The van der Waals surface area contributed by atoms with Gasteiger partial charge < -0.3 is 4.42 Å². The molecule has 10 nitrogen and oxygen atoms in total. The molecule has 3 N–H and O–H groups in total. The minimum atomic E-state index is -0.584. The molecule has 3 aromatic heterocycles. The van der Waals surface area contributed by atoms with E-state index in [0.29, 0.717) is 46.6 Å². The largest absolute Gasteiger partial charge is 0.455 e. The molecule has 0 saturated carbocycles. The van der Waals surface area contributed by atoms with Crippen LogP contribution in [-0.4, -0.2) is 33.4 Å². The average Bonchev–Trinajstić information content (AvgIpc) is 3.19. The molecule has 1 aliphatic rings. The van der Waals surface area contributed by atoms with Gasteiger partial charge in [0.25, 0.3) is 11.8 Å². The van der Waals surface area contributed by atoms with Crippen molar-refractivity contribution in [2.24, 2.45) is 5.10 Å². The van der Waals surface area contributed by atoms with Crippen molar-refractivity contribution in [3.8, 4) is 0 Å². The smallest absolute Gasteiger partial charge is 0.305 e. The van der Waals surface area contributed by atoms with E-state index in [0.717, 1.165) is 6.42 Å². The van der Waals surface area contributed by atoms with Crippen LogP contribution in [0.3, 0.4) is 0 Å². The molecule has 0 saturated heterocycles. The number of carbonyl (C=O) groups is 3. The minimum absolute atomic E-state index is 0.0834. The predicted molar refractivity (Wildman–Crippen MR) is 114 cm³/mol. The molecule has 0 aliphatic heterocycles. The number of pyridine rings is 2. The number of nitrogens with zero attached hydrogens (tertiary/aromatic N) is 3. The number of hydrogen-bond acceptors (Lipinski definition) is 7. The van der Waals surface area contributed by atoms with Crippen LogP contribution in [0.4, 0.5) is 0 Å². The van der Waals surface area contributed by atoms with Crippen molar-refractivity contribution < 1.29 is 18.8 Å². The van der Waals surface area contributed by atoms with Gasteiger partial charge in [0.05, 0.1) is 5.71 Å². The number of carbonyl (C=O) groups excluding carboxylic acids is 3. The normalized spacial score (nSPS) is 13.8. The van der Waals surface area contributed by atoms with Gasteiger partial charge in [0.1, 0.15) is 5.76 Å². The van der Waals surface area contributed by atoms with Gasteiger partial charge in [-0.15, -0.1) is 0 Å². The van der Waals surface area contributed by atoms with Gasteiger partial charge in [-0.25, -0.2) is 5.43 Å². The van der Waals surface area contributed by atoms with Gasteiger partial charge in [-0.2, -0.15) is 5.10 Å². The van der Waals surface area contributed by atoms with Gasteiger partial charge in [-0.1, -0.05) is 0 Å². The molecule has 0 spiro atoms. The van der Waals surface area contributed by atoms with Crippen molar-refractivity contribution in [1.29, 1.82) is 0 Å². The van der Waals surface area contributed by atoms with Crippen LogP contribution in [0.15, 0.2) is 58.6 Å². The lowest BCUT2D eigenvalue weighted by Gasteiger charge is -2.13. The highest BCUT2D eigenvalue weighted by molar-refractivity contribution is 6.07. The van der Waals surface area contributed by atoms with Gasteiger partial charge >= 0.3 is 5.91 Å². The van der Waals surface area contributed by atoms with Crippen molar-refractivity contribution in [2.45, 2.75) is 26.2 Å². The summed E-state index contributed by atoms with van der Waals surface area (Å²) < 4.78 is 5.78. The van der Waals surface area contributed by atoms with Crippen LogP contribution in [0.25, 0.3) is 0 Å². The summed E-state index contributed by atoms with van der Waals surface area (Å²) in [6, 6.07) is 6.24. The number of fused-ring (bicyclic) bond motifs is 1. The van der Waals surface area contributed by atoms with E-state index >= 15 is 0 Å². The lowest BCUT2D eigenvalue weighted by atomic mass is 9.93. The molecule has 0 bridgehead atoms. The fraction of sp³-hybridized carbons (Fsp3) is 0.182. The Kier molecular flexibility index (Phi) is 6.02. The van der Waals surface area contributed by atoms with E-state index in [2.05, 4.69) is 31.3 Å². The van der Waals surface area contributed by atoms with Gasteiger partial charge in [-0.05, 0) is 44.0 Å². The Balaban J connectivity index is 1.48. The maximum Gasteiger partial charge on any atom is 0.305 e. The zero-order valence-corrected chi connectivity index (χ0v) is 17.2. The summed E-state index contributed by atoms with van der Waals surface area (Å²) in [5, 5.41) is 4.28. The number of hydrogen-bond donors (Lipinski definition) is 3. The first kappa shape index (κ1) is 20.9. The molecule has 0 radical (unpaired) electrons. The van der Waals surface area contributed by atoms with Crippen LogP contribution < -0.4 is 16.3 Å². The van der Waals surface area contributed by atoms with Gasteiger partial charge in [0.2, 0.25) is 0 Å². The topological polar surface area (TPSA) is 139 Å². The number of hydrazone groups is 1. The van der Waals surface area contributed by atoms with Crippen LogP contribution in [-0.2, 0) is 6.42 Å². The number of hydrazine groups is 1. The van der Waals surface area contributed by atoms with E-state index in [9.17, 15) is 14.4 Å². The second kappa shape index (κ2) is 9.21. The first-order chi connectivity index (χ1) is 15.5. The Morgan fingerprint density at radius 1 is 0.875 bits per heavy atom. The molecule has 3 aromatic rings. The molecule has 0 fully saturated rings. The number of furan rings is 1. The third kappa shape index (κ3) is 4.38. The fourth-order valence-corrected chi connectivity index (χ4v) is 3.43. The molecular formula is C22H20N6O4. The quantitative estimate of drug-likeness (QED) is 0.539. The summed E-state index contributed by atoms with van der Waals surface area (Å²) in [6.07, 6.45) is 8.06. The number of aryl methyl sites for hydroxylation is 1. The van der Waals surface area contributed by atoms with Crippen molar-refractivity contribution in [3.63, 3.8) is 0 Å². The van der Waals surface area contributed by atoms with E-state index < -0.39 is 11.8 Å². The maximum atomic E-state index is 12.6. The predicted octanol–water partition coefficient (Wildman–Crippen LogP) is 1.92. The van der Waals surface area contributed by atoms with Crippen LogP contribution >= 0.6 is 0 Å². The molecule has 32 heavy (non-hydrogen) atoms. The lowest BCUT2D eigenvalue weighted by Crippen LogP contribution is -2.41. The van der Waals surface area contributed by atoms with Crippen LogP contribution in [0.2, 0.25) is 0 Å². The molecule has 0 unspecified atom stereocenters. The lowest BCUT2D eigenvalue weighted by molar-refractivity contribution is 0.0829. The molecule has 162 valence electrons.